The molecule has 130 valence electrons. The van der Waals surface area contributed by atoms with E-state index in [0.29, 0.717) is 19.4 Å². The maximum Gasteiger partial charge on any atom is 0.220 e. The summed E-state index contributed by atoms with van der Waals surface area (Å²) in [5.74, 6) is 0.110. The summed E-state index contributed by atoms with van der Waals surface area (Å²) in [6, 6.07) is 0. The van der Waals surface area contributed by atoms with E-state index in [-0.39, 0.29) is 5.91 Å². The molecule has 1 N–H and O–H groups in total. The first-order valence-electron chi connectivity index (χ1n) is 8.68. The van der Waals surface area contributed by atoms with Gasteiger partial charge < -0.3 is 15.0 Å². The van der Waals surface area contributed by atoms with Crippen LogP contribution in [0.25, 0.3) is 0 Å². The highest BCUT2D eigenvalue weighted by Gasteiger charge is 2.21. The van der Waals surface area contributed by atoms with Crippen LogP contribution >= 0.6 is 0 Å². The first kappa shape index (κ1) is 17.9. The molecule has 0 bridgehead atoms. The number of nitrogens with zero attached hydrogens (tertiary/aromatic N) is 3. The van der Waals surface area contributed by atoms with Crippen LogP contribution < -0.4 is 5.32 Å². The van der Waals surface area contributed by atoms with E-state index < -0.39 is 0 Å². The van der Waals surface area contributed by atoms with E-state index in [2.05, 4.69) is 21.8 Å². The monoisotopic (exact) mass is 322 g/mol. The Morgan fingerprint density at radius 2 is 2.26 bits per heavy atom. The molecule has 0 aliphatic carbocycles. The van der Waals surface area contributed by atoms with Crippen molar-refractivity contribution in [1.82, 2.24) is 20.0 Å². The molecule has 1 aliphatic rings. The molecule has 1 aromatic heterocycles. The highest BCUT2D eigenvalue weighted by atomic mass is 16.5. The largest absolute Gasteiger partial charge is 0.376 e. The first-order valence-corrected chi connectivity index (χ1v) is 8.68. The number of carbonyl (C=O) groups is 1. The van der Waals surface area contributed by atoms with Crippen LogP contribution in [0.5, 0.6) is 0 Å². The second-order valence-corrected chi connectivity index (χ2v) is 6.40. The lowest BCUT2D eigenvalue weighted by Gasteiger charge is -2.14. The SMILES string of the molecule is CCCn1nc(CCC(=O)NCCCN(C)C)c2c1CCOC2. The molecule has 0 unspecified atom stereocenters. The zero-order chi connectivity index (χ0) is 16.7. The van der Waals surface area contributed by atoms with E-state index in [1.807, 2.05) is 14.1 Å². The van der Waals surface area contributed by atoms with Gasteiger partial charge in [-0.25, -0.2) is 0 Å². The van der Waals surface area contributed by atoms with Crippen molar-refractivity contribution in [2.45, 2.75) is 52.2 Å². The van der Waals surface area contributed by atoms with Gasteiger partial charge >= 0.3 is 0 Å². The van der Waals surface area contributed by atoms with Crippen molar-refractivity contribution in [1.29, 1.82) is 0 Å². The molecule has 6 nitrogen and oxygen atoms in total. The molecule has 6 heteroatoms. The Kier molecular flexibility index (Phi) is 7.05. The van der Waals surface area contributed by atoms with Crippen LogP contribution in [0.15, 0.2) is 0 Å². The van der Waals surface area contributed by atoms with Crippen LogP contribution in [0.1, 0.15) is 43.1 Å². The van der Waals surface area contributed by atoms with E-state index in [1.54, 1.807) is 0 Å². The number of ether oxygens (including phenoxy) is 1. The number of hydrogen-bond donors (Lipinski definition) is 1. The van der Waals surface area contributed by atoms with Gasteiger partial charge in [-0.15, -0.1) is 0 Å². The second-order valence-electron chi connectivity index (χ2n) is 6.40. The van der Waals surface area contributed by atoms with Gasteiger partial charge in [-0.1, -0.05) is 6.92 Å². The second kappa shape index (κ2) is 9.03. The summed E-state index contributed by atoms with van der Waals surface area (Å²) < 4.78 is 7.69. The van der Waals surface area contributed by atoms with Gasteiger partial charge in [-0.2, -0.15) is 5.10 Å². The zero-order valence-corrected chi connectivity index (χ0v) is 14.7. The predicted molar refractivity (Wildman–Crippen MR) is 90.4 cm³/mol. The zero-order valence-electron chi connectivity index (χ0n) is 14.7. The minimum Gasteiger partial charge on any atom is -0.376 e. The lowest BCUT2D eigenvalue weighted by molar-refractivity contribution is -0.121. The maximum absolute atomic E-state index is 12.0. The van der Waals surface area contributed by atoms with Gasteiger partial charge in [0.2, 0.25) is 5.91 Å². The van der Waals surface area contributed by atoms with E-state index >= 15 is 0 Å². The fourth-order valence-corrected chi connectivity index (χ4v) is 2.92. The van der Waals surface area contributed by atoms with Crippen LogP contribution in [0.2, 0.25) is 0 Å². The Morgan fingerprint density at radius 1 is 1.43 bits per heavy atom. The highest BCUT2D eigenvalue weighted by molar-refractivity contribution is 5.76. The van der Waals surface area contributed by atoms with Crippen molar-refractivity contribution in [3.8, 4) is 0 Å². The van der Waals surface area contributed by atoms with Crippen LogP contribution in [-0.2, 0) is 35.5 Å². The van der Waals surface area contributed by atoms with E-state index in [9.17, 15) is 4.79 Å². The molecule has 0 saturated heterocycles. The van der Waals surface area contributed by atoms with E-state index in [4.69, 9.17) is 9.84 Å². The molecular formula is C17H30N4O2. The summed E-state index contributed by atoms with van der Waals surface area (Å²) in [7, 11) is 4.08. The minimum atomic E-state index is 0.110. The molecular weight excluding hydrogens is 292 g/mol. The Hall–Kier alpha value is -1.40. The number of nitrogens with one attached hydrogen (secondary N) is 1. The maximum atomic E-state index is 12.0. The summed E-state index contributed by atoms with van der Waals surface area (Å²) in [6.07, 6.45) is 4.17. The normalized spacial score (nSPS) is 14.1. The van der Waals surface area contributed by atoms with Gasteiger partial charge in [0.15, 0.2) is 0 Å². The third kappa shape index (κ3) is 5.32. The van der Waals surface area contributed by atoms with Crippen molar-refractivity contribution in [3.63, 3.8) is 0 Å². The molecule has 0 aromatic carbocycles. The Bertz CT molecular complexity index is 511. The van der Waals surface area contributed by atoms with Crippen molar-refractivity contribution >= 4 is 5.91 Å². The van der Waals surface area contributed by atoms with Crippen LogP contribution in [0, 0.1) is 0 Å². The lowest BCUT2D eigenvalue weighted by atomic mass is 10.1. The van der Waals surface area contributed by atoms with E-state index in [0.717, 1.165) is 51.2 Å². The topological polar surface area (TPSA) is 59.4 Å². The lowest BCUT2D eigenvalue weighted by Crippen LogP contribution is -2.27. The molecule has 1 aliphatic heterocycles. The van der Waals surface area contributed by atoms with Gasteiger partial charge in [0, 0.05) is 43.6 Å². The summed E-state index contributed by atoms with van der Waals surface area (Å²) in [5, 5.41) is 7.71. The number of aryl methyl sites for hydroxylation is 2. The molecule has 0 radical (unpaired) electrons. The van der Waals surface area contributed by atoms with Crippen molar-refractivity contribution in [2.75, 3.05) is 33.8 Å². The van der Waals surface area contributed by atoms with Gasteiger partial charge in [-0.3, -0.25) is 9.48 Å². The molecule has 1 aromatic rings. The van der Waals surface area contributed by atoms with Crippen molar-refractivity contribution in [3.05, 3.63) is 17.0 Å². The first-order chi connectivity index (χ1) is 11.1. The molecule has 23 heavy (non-hydrogen) atoms. The smallest absolute Gasteiger partial charge is 0.220 e. The number of fused-ring (bicyclic) bond motifs is 1. The molecule has 1 amide bonds. The number of rotatable bonds is 9. The fraction of sp³-hybridized carbons (Fsp3) is 0.765. The van der Waals surface area contributed by atoms with Crippen molar-refractivity contribution in [2.24, 2.45) is 0 Å². The number of aromatic nitrogens is 2. The van der Waals surface area contributed by atoms with Crippen LogP contribution in [-0.4, -0.2) is 54.4 Å². The summed E-state index contributed by atoms with van der Waals surface area (Å²) in [6.45, 7) is 6.25. The molecule has 0 saturated carbocycles. The van der Waals surface area contributed by atoms with Crippen LogP contribution in [0.3, 0.4) is 0 Å². The Labute approximate surface area is 139 Å². The quantitative estimate of drug-likeness (QED) is 0.698. The predicted octanol–water partition coefficient (Wildman–Crippen LogP) is 1.37. The molecule has 2 rings (SSSR count). The molecule has 0 fully saturated rings. The third-order valence-electron chi connectivity index (χ3n) is 4.11. The Morgan fingerprint density at radius 3 is 3.00 bits per heavy atom. The van der Waals surface area contributed by atoms with E-state index in [1.165, 1.54) is 11.3 Å². The van der Waals surface area contributed by atoms with Crippen LogP contribution in [0.4, 0.5) is 0 Å². The third-order valence-corrected chi connectivity index (χ3v) is 4.11. The average molecular weight is 322 g/mol. The standard InChI is InChI=1S/C17H30N4O2/c1-4-10-21-16-8-12-23-13-14(16)15(19-21)6-7-17(22)18-9-5-11-20(2)3/h4-13H2,1-3H3,(H,18,22). The van der Waals surface area contributed by atoms with Crippen molar-refractivity contribution < 1.29 is 9.53 Å². The van der Waals surface area contributed by atoms with Gasteiger partial charge in [0.05, 0.1) is 18.9 Å². The fourth-order valence-electron chi connectivity index (χ4n) is 2.92. The summed E-state index contributed by atoms with van der Waals surface area (Å²) in [4.78, 5) is 14.1. The highest BCUT2D eigenvalue weighted by Crippen LogP contribution is 2.22. The molecule has 0 spiro atoms. The number of hydrogen-bond acceptors (Lipinski definition) is 4. The molecule has 2 heterocycles. The molecule has 0 atom stereocenters. The number of carbonyl (C=O) groups excluding carboxylic acids is 1. The average Bonchev–Trinajstić information content (AvgIpc) is 2.88. The van der Waals surface area contributed by atoms with Gasteiger partial charge in [-0.05, 0) is 33.5 Å². The van der Waals surface area contributed by atoms with Gasteiger partial charge in [0.25, 0.3) is 0 Å². The summed E-state index contributed by atoms with van der Waals surface area (Å²) in [5.41, 5.74) is 3.56. The van der Waals surface area contributed by atoms with Gasteiger partial charge in [0.1, 0.15) is 0 Å². The Balaban J connectivity index is 1.84. The minimum absolute atomic E-state index is 0.110. The summed E-state index contributed by atoms with van der Waals surface area (Å²) >= 11 is 0. The number of amides is 1.